The molecule has 0 radical (unpaired) electrons. The highest BCUT2D eigenvalue weighted by Crippen LogP contribution is 2.33. The van der Waals surface area contributed by atoms with Gasteiger partial charge < -0.3 is 4.74 Å². The van der Waals surface area contributed by atoms with Gasteiger partial charge in [-0.3, -0.25) is 9.88 Å². The average molecular weight is 428 g/mol. The summed E-state index contributed by atoms with van der Waals surface area (Å²) in [5, 5.41) is 1.16. The van der Waals surface area contributed by atoms with Crippen molar-refractivity contribution in [2.45, 2.75) is 25.3 Å². The third kappa shape index (κ3) is 4.34. The van der Waals surface area contributed by atoms with Crippen molar-refractivity contribution in [3.8, 4) is 17.0 Å². The number of likely N-dealkylation sites (tertiary alicyclic amines) is 1. The fraction of sp³-hybridized carbons (Fsp3) is 0.259. The summed E-state index contributed by atoms with van der Waals surface area (Å²) in [6.07, 6.45) is 5.97. The number of aromatic nitrogens is 2. The van der Waals surface area contributed by atoms with E-state index < -0.39 is 0 Å². The number of ether oxygens (including phenoxy) is 1. The molecule has 1 aliphatic rings. The highest BCUT2D eigenvalue weighted by molar-refractivity contribution is 5.83. The first-order valence-corrected chi connectivity index (χ1v) is 11.1. The van der Waals surface area contributed by atoms with Crippen LogP contribution < -0.4 is 4.74 Å². The molecule has 4 nitrogen and oxygen atoms in total. The molecule has 162 valence electrons. The van der Waals surface area contributed by atoms with Gasteiger partial charge in [-0.2, -0.15) is 0 Å². The van der Waals surface area contributed by atoms with Gasteiger partial charge in [0.15, 0.2) is 0 Å². The van der Waals surface area contributed by atoms with Crippen LogP contribution in [0.3, 0.4) is 0 Å². The van der Waals surface area contributed by atoms with E-state index in [9.17, 15) is 4.39 Å². The summed E-state index contributed by atoms with van der Waals surface area (Å²) in [7, 11) is 1.66. The lowest BCUT2D eigenvalue weighted by Gasteiger charge is -2.32. The zero-order valence-corrected chi connectivity index (χ0v) is 18.2. The fourth-order valence-electron chi connectivity index (χ4n) is 4.63. The van der Waals surface area contributed by atoms with Crippen LogP contribution in [0.1, 0.15) is 29.9 Å². The van der Waals surface area contributed by atoms with Gasteiger partial charge in [-0.15, -0.1) is 0 Å². The molecule has 0 amide bonds. The fourth-order valence-corrected chi connectivity index (χ4v) is 4.63. The molecule has 5 heteroatoms. The molecule has 0 bridgehead atoms. The molecule has 0 atom stereocenters. The molecule has 2 aromatic carbocycles. The standard InChI is InChI=1S/C27H26FN3O/c1-32-26-10-7-22-3-2-4-25(27(22)30-26)21-11-13-31(14-12-21)18-19-15-23(17-29-16-19)20-5-8-24(28)9-6-20/h2-10,15-17,21H,11-14,18H2,1H3. The van der Waals surface area contributed by atoms with Gasteiger partial charge in [0.25, 0.3) is 0 Å². The minimum Gasteiger partial charge on any atom is -0.481 e. The molecule has 1 aliphatic heterocycles. The van der Waals surface area contributed by atoms with Gasteiger partial charge >= 0.3 is 0 Å². The second-order valence-corrected chi connectivity index (χ2v) is 8.41. The van der Waals surface area contributed by atoms with Crippen LogP contribution in [-0.4, -0.2) is 35.1 Å². The van der Waals surface area contributed by atoms with Crippen LogP contribution in [0.15, 0.2) is 73.1 Å². The summed E-state index contributed by atoms with van der Waals surface area (Å²) < 4.78 is 18.6. The first-order valence-electron chi connectivity index (χ1n) is 11.1. The van der Waals surface area contributed by atoms with E-state index in [2.05, 4.69) is 40.2 Å². The Labute approximate surface area is 187 Å². The normalized spacial score (nSPS) is 15.2. The molecule has 3 heterocycles. The van der Waals surface area contributed by atoms with E-state index in [0.29, 0.717) is 11.8 Å². The van der Waals surface area contributed by atoms with Gasteiger partial charge in [-0.25, -0.2) is 9.37 Å². The van der Waals surface area contributed by atoms with Crippen LogP contribution in [0.2, 0.25) is 0 Å². The number of nitrogens with zero attached hydrogens (tertiary/aromatic N) is 3. The van der Waals surface area contributed by atoms with Gasteiger partial charge in [-0.05, 0) is 72.8 Å². The summed E-state index contributed by atoms with van der Waals surface area (Å²) in [6.45, 7) is 2.94. The number of hydrogen-bond acceptors (Lipinski definition) is 4. The summed E-state index contributed by atoms with van der Waals surface area (Å²) in [5.41, 5.74) is 5.57. The first-order chi connectivity index (χ1) is 15.7. The summed E-state index contributed by atoms with van der Waals surface area (Å²) in [5.74, 6) is 0.940. The van der Waals surface area contributed by atoms with Crippen molar-refractivity contribution in [1.29, 1.82) is 0 Å². The van der Waals surface area contributed by atoms with Crippen molar-refractivity contribution in [2.75, 3.05) is 20.2 Å². The Bertz CT molecular complexity index is 1220. The van der Waals surface area contributed by atoms with Crippen LogP contribution >= 0.6 is 0 Å². The van der Waals surface area contributed by atoms with E-state index in [4.69, 9.17) is 9.72 Å². The zero-order chi connectivity index (χ0) is 21.9. The third-order valence-corrected chi connectivity index (χ3v) is 6.34. The molecule has 2 aromatic heterocycles. The Kier molecular flexibility index (Phi) is 5.82. The molecule has 5 rings (SSSR count). The minimum absolute atomic E-state index is 0.222. The van der Waals surface area contributed by atoms with E-state index in [1.54, 1.807) is 19.2 Å². The van der Waals surface area contributed by atoms with Crippen LogP contribution in [0, 0.1) is 5.82 Å². The average Bonchev–Trinajstić information content (AvgIpc) is 2.84. The van der Waals surface area contributed by atoms with E-state index in [1.807, 2.05) is 18.5 Å². The van der Waals surface area contributed by atoms with Crippen LogP contribution in [-0.2, 0) is 6.54 Å². The van der Waals surface area contributed by atoms with E-state index >= 15 is 0 Å². The van der Waals surface area contributed by atoms with Crippen molar-refractivity contribution < 1.29 is 9.13 Å². The van der Waals surface area contributed by atoms with Gasteiger partial charge in [-0.1, -0.05) is 30.3 Å². The second-order valence-electron chi connectivity index (χ2n) is 8.41. The maximum atomic E-state index is 13.2. The van der Waals surface area contributed by atoms with Crippen molar-refractivity contribution in [3.05, 3.63) is 90.0 Å². The Morgan fingerprint density at radius 1 is 0.969 bits per heavy atom. The molecule has 0 unspecified atom stereocenters. The Hall–Kier alpha value is -3.31. The lowest BCUT2D eigenvalue weighted by molar-refractivity contribution is 0.205. The summed E-state index contributed by atoms with van der Waals surface area (Å²) in [6, 6.07) is 19.2. The molecular formula is C27H26FN3O. The highest BCUT2D eigenvalue weighted by atomic mass is 19.1. The molecule has 4 aromatic rings. The number of fused-ring (bicyclic) bond motifs is 1. The Morgan fingerprint density at radius 3 is 2.56 bits per heavy atom. The van der Waals surface area contributed by atoms with Crippen molar-refractivity contribution >= 4 is 10.9 Å². The third-order valence-electron chi connectivity index (χ3n) is 6.34. The molecule has 0 spiro atoms. The second kappa shape index (κ2) is 9.05. The summed E-state index contributed by atoms with van der Waals surface area (Å²) >= 11 is 0. The number of rotatable bonds is 5. The maximum absolute atomic E-state index is 13.2. The first kappa shape index (κ1) is 20.6. The van der Waals surface area contributed by atoms with Crippen LogP contribution in [0.25, 0.3) is 22.0 Å². The Balaban J connectivity index is 1.27. The summed E-state index contributed by atoms with van der Waals surface area (Å²) in [4.78, 5) is 11.6. The van der Waals surface area contributed by atoms with Crippen molar-refractivity contribution in [3.63, 3.8) is 0 Å². The molecule has 1 fully saturated rings. The lowest BCUT2D eigenvalue weighted by atomic mass is 9.88. The SMILES string of the molecule is COc1ccc2cccc(C3CCN(Cc4cncc(-c5ccc(F)cc5)c4)CC3)c2n1. The van der Waals surface area contributed by atoms with E-state index in [0.717, 1.165) is 54.5 Å². The number of piperidine rings is 1. The smallest absolute Gasteiger partial charge is 0.213 e. The van der Waals surface area contributed by atoms with Crippen molar-refractivity contribution in [2.24, 2.45) is 0 Å². The largest absolute Gasteiger partial charge is 0.481 e. The highest BCUT2D eigenvalue weighted by Gasteiger charge is 2.23. The number of halogens is 1. The predicted octanol–water partition coefficient (Wildman–Crippen LogP) is 5.82. The van der Waals surface area contributed by atoms with E-state index in [-0.39, 0.29) is 5.82 Å². The van der Waals surface area contributed by atoms with Crippen LogP contribution in [0.5, 0.6) is 5.88 Å². The monoisotopic (exact) mass is 427 g/mol. The van der Waals surface area contributed by atoms with E-state index in [1.165, 1.54) is 23.3 Å². The maximum Gasteiger partial charge on any atom is 0.213 e. The van der Waals surface area contributed by atoms with Crippen LogP contribution in [0.4, 0.5) is 4.39 Å². The number of pyridine rings is 2. The van der Waals surface area contributed by atoms with Gasteiger partial charge in [0.2, 0.25) is 5.88 Å². The van der Waals surface area contributed by atoms with Gasteiger partial charge in [0, 0.05) is 36.0 Å². The van der Waals surface area contributed by atoms with Gasteiger partial charge in [0.05, 0.1) is 12.6 Å². The van der Waals surface area contributed by atoms with Crippen molar-refractivity contribution in [1.82, 2.24) is 14.9 Å². The zero-order valence-electron chi connectivity index (χ0n) is 18.2. The lowest BCUT2D eigenvalue weighted by Crippen LogP contribution is -2.32. The quantitative estimate of drug-likeness (QED) is 0.402. The number of para-hydroxylation sites is 1. The molecule has 0 saturated carbocycles. The molecule has 0 N–H and O–H groups in total. The number of methoxy groups -OCH3 is 1. The molecular weight excluding hydrogens is 401 g/mol. The molecule has 1 saturated heterocycles. The Morgan fingerprint density at radius 2 is 1.78 bits per heavy atom. The molecule has 0 aliphatic carbocycles. The van der Waals surface area contributed by atoms with Gasteiger partial charge in [0.1, 0.15) is 5.82 Å². The number of hydrogen-bond donors (Lipinski definition) is 0. The topological polar surface area (TPSA) is 38.2 Å². The minimum atomic E-state index is -0.222. The predicted molar refractivity (Wildman–Crippen MR) is 125 cm³/mol. The molecule has 32 heavy (non-hydrogen) atoms. The number of benzene rings is 2.